The molecule has 1 aliphatic heterocycles. The Hall–Kier alpha value is -1.81. The summed E-state index contributed by atoms with van der Waals surface area (Å²) in [7, 11) is 0. The van der Waals surface area contributed by atoms with Gasteiger partial charge in [0.2, 0.25) is 0 Å². The first-order valence-electron chi connectivity index (χ1n) is 6.09. The van der Waals surface area contributed by atoms with Crippen molar-refractivity contribution in [3.63, 3.8) is 0 Å². The topological polar surface area (TPSA) is 48.7 Å². The van der Waals surface area contributed by atoms with E-state index >= 15 is 0 Å². The van der Waals surface area contributed by atoms with Crippen molar-refractivity contribution in [2.24, 2.45) is 0 Å². The van der Waals surface area contributed by atoms with E-state index in [0.717, 1.165) is 24.8 Å². The van der Waals surface area contributed by atoms with Crippen LogP contribution in [-0.2, 0) is 4.74 Å². The molecule has 4 nitrogen and oxygen atoms in total. The summed E-state index contributed by atoms with van der Waals surface area (Å²) in [6.45, 7) is 1.36. The third kappa shape index (κ3) is 2.38. The van der Waals surface area contributed by atoms with Crippen molar-refractivity contribution in [1.82, 2.24) is 0 Å². The van der Waals surface area contributed by atoms with Gasteiger partial charge in [-0.3, -0.25) is 0 Å². The number of hydrogen-bond acceptors (Lipinski definition) is 4. The fraction of sp³-hybridized carbons (Fsp3) is 0.357. The van der Waals surface area contributed by atoms with Gasteiger partial charge in [-0.1, -0.05) is 0 Å². The van der Waals surface area contributed by atoms with Gasteiger partial charge in [-0.15, -0.1) is 0 Å². The molecule has 1 saturated heterocycles. The monoisotopic (exact) mass is 246 g/mol. The maximum atomic E-state index is 11.1. The fourth-order valence-electron chi connectivity index (χ4n) is 2.10. The second-order valence-corrected chi connectivity index (χ2v) is 4.40. The molecular formula is C14H14O4. The Morgan fingerprint density at radius 1 is 1.28 bits per heavy atom. The normalized spacial score (nSPS) is 19.2. The second kappa shape index (κ2) is 4.82. The molecule has 1 aromatic heterocycles. The molecule has 0 radical (unpaired) electrons. The van der Waals surface area contributed by atoms with Crippen molar-refractivity contribution in [3.8, 4) is 5.75 Å². The van der Waals surface area contributed by atoms with Crippen LogP contribution in [0.15, 0.2) is 39.5 Å². The van der Waals surface area contributed by atoms with Gasteiger partial charge in [-0.25, -0.2) is 4.79 Å². The average Bonchev–Trinajstić information content (AvgIpc) is 2.89. The lowest BCUT2D eigenvalue weighted by Gasteiger charge is -2.11. The lowest BCUT2D eigenvalue weighted by molar-refractivity contribution is 0.0680. The van der Waals surface area contributed by atoms with Gasteiger partial charge in [-0.05, 0) is 31.0 Å². The van der Waals surface area contributed by atoms with Crippen molar-refractivity contribution in [2.45, 2.75) is 18.9 Å². The Labute approximate surface area is 104 Å². The van der Waals surface area contributed by atoms with Crippen molar-refractivity contribution in [1.29, 1.82) is 0 Å². The van der Waals surface area contributed by atoms with Crippen molar-refractivity contribution in [2.75, 3.05) is 13.2 Å². The van der Waals surface area contributed by atoms with E-state index < -0.39 is 0 Å². The zero-order valence-corrected chi connectivity index (χ0v) is 9.93. The summed E-state index contributed by atoms with van der Waals surface area (Å²) in [6, 6.07) is 8.65. The van der Waals surface area contributed by atoms with Crippen LogP contribution in [0.1, 0.15) is 12.8 Å². The van der Waals surface area contributed by atoms with Gasteiger partial charge in [0.15, 0.2) is 0 Å². The van der Waals surface area contributed by atoms with E-state index in [1.54, 1.807) is 12.1 Å². The first kappa shape index (κ1) is 11.3. The smallest absolute Gasteiger partial charge is 0.336 e. The molecule has 1 aromatic carbocycles. The largest absolute Gasteiger partial charge is 0.491 e. The van der Waals surface area contributed by atoms with E-state index in [2.05, 4.69) is 0 Å². The summed E-state index contributed by atoms with van der Waals surface area (Å²) in [5.74, 6) is 0.701. The van der Waals surface area contributed by atoms with Crippen LogP contribution in [0.25, 0.3) is 11.0 Å². The maximum absolute atomic E-state index is 11.1. The number of ether oxygens (including phenoxy) is 2. The van der Waals surface area contributed by atoms with Crippen molar-refractivity contribution in [3.05, 3.63) is 40.8 Å². The van der Waals surface area contributed by atoms with Gasteiger partial charge >= 0.3 is 5.63 Å². The van der Waals surface area contributed by atoms with Crippen LogP contribution in [-0.4, -0.2) is 19.3 Å². The molecule has 1 unspecified atom stereocenters. The zero-order chi connectivity index (χ0) is 12.4. The summed E-state index contributed by atoms with van der Waals surface area (Å²) >= 11 is 0. The van der Waals surface area contributed by atoms with Crippen LogP contribution in [0.4, 0.5) is 0 Å². The third-order valence-electron chi connectivity index (χ3n) is 3.05. The van der Waals surface area contributed by atoms with E-state index in [0.29, 0.717) is 17.9 Å². The Morgan fingerprint density at radius 2 is 2.17 bits per heavy atom. The lowest BCUT2D eigenvalue weighted by atomic mass is 10.2. The summed E-state index contributed by atoms with van der Waals surface area (Å²) in [5, 5.41) is 0.888. The minimum Gasteiger partial charge on any atom is -0.491 e. The standard InChI is InChI=1S/C14H14O4/c15-14-6-4-10-3-5-11(8-13(10)18-14)17-9-12-2-1-7-16-12/h3-6,8,12H,1-2,7,9H2. The summed E-state index contributed by atoms with van der Waals surface area (Å²) in [6.07, 6.45) is 2.33. The van der Waals surface area contributed by atoms with Crippen LogP contribution in [0, 0.1) is 0 Å². The molecule has 0 N–H and O–H groups in total. The molecule has 94 valence electrons. The minimum absolute atomic E-state index is 0.184. The Bertz CT molecular complexity index is 596. The van der Waals surface area contributed by atoms with E-state index in [-0.39, 0.29) is 11.7 Å². The van der Waals surface area contributed by atoms with Crippen LogP contribution >= 0.6 is 0 Å². The average molecular weight is 246 g/mol. The zero-order valence-electron chi connectivity index (χ0n) is 9.93. The van der Waals surface area contributed by atoms with Crippen LogP contribution in [0.5, 0.6) is 5.75 Å². The molecule has 2 aromatic rings. The predicted molar refractivity (Wildman–Crippen MR) is 67.0 cm³/mol. The van der Waals surface area contributed by atoms with E-state index in [4.69, 9.17) is 13.9 Å². The Balaban J connectivity index is 1.77. The number of benzene rings is 1. The molecule has 1 atom stereocenters. The summed E-state index contributed by atoms with van der Waals surface area (Å²) < 4.78 is 16.2. The van der Waals surface area contributed by atoms with Gasteiger partial charge in [-0.2, -0.15) is 0 Å². The predicted octanol–water partition coefficient (Wildman–Crippen LogP) is 2.35. The highest BCUT2D eigenvalue weighted by atomic mass is 16.5. The molecule has 4 heteroatoms. The highest BCUT2D eigenvalue weighted by Crippen LogP contribution is 2.21. The number of rotatable bonds is 3. The van der Waals surface area contributed by atoms with Crippen molar-refractivity contribution >= 4 is 11.0 Å². The Morgan fingerprint density at radius 3 is 3.00 bits per heavy atom. The lowest BCUT2D eigenvalue weighted by Crippen LogP contribution is -2.16. The van der Waals surface area contributed by atoms with Crippen LogP contribution in [0.2, 0.25) is 0 Å². The molecule has 0 aliphatic carbocycles. The Kier molecular flexibility index (Phi) is 3.02. The minimum atomic E-state index is -0.348. The van der Waals surface area contributed by atoms with E-state index in [1.165, 1.54) is 6.07 Å². The molecule has 1 fully saturated rings. The SMILES string of the molecule is O=c1ccc2ccc(OCC3CCCO3)cc2o1. The van der Waals surface area contributed by atoms with E-state index in [1.807, 2.05) is 12.1 Å². The molecule has 18 heavy (non-hydrogen) atoms. The quantitative estimate of drug-likeness (QED) is 0.780. The van der Waals surface area contributed by atoms with Crippen molar-refractivity contribution < 1.29 is 13.9 Å². The molecular weight excluding hydrogens is 232 g/mol. The van der Waals surface area contributed by atoms with Gasteiger partial charge in [0.25, 0.3) is 0 Å². The molecule has 0 spiro atoms. The maximum Gasteiger partial charge on any atom is 0.336 e. The molecule has 0 amide bonds. The van der Waals surface area contributed by atoms with E-state index in [9.17, 15) is 4.79 Å². The first-order chi connectivity index (χ1) is 8.81. The molecule has 3 rings (SSSR count). The van der Waals surface area contributed by atoms with Gasteiger partial charge in [0, 0.05) is 24.1 Å². The number of fused-ring (bicyclic) bond motifs is 1. The summed E-state index contributed by atoms with van der Waals surface area (Å²) in [4.78, 5) is 11.1. The highest BCUT2D eigenvalue weighted by molar-refractivity contribution is 5.77. The molecule has 2 heterocycles. The van der Waals surface area contributed by atoms with Crippen LogP contribution < -0.4 is 10.4 Å². The highest BCUT2D eigenvalue weighted by Gasteiger charge is 2.16. The first-order valence-corrected chi connectivity index (χ1v) is 6.09. The second-order valence-electron chi connectivity index (χ2n) is 4.40. The van der Waals surface area contributed by atoms with Crippen LogP contribution in [0.3, 0.4) is 0 Å². The van der Waals surface area contributed by atoms with Gasteiger partial charge in [0.1, 0.15) is 17.9 Å². The molecule has 1 aliphatic rings. The fourth-order valence-corrected chi connectivity index (χ4v) is 2.10. The number of hydrogen-bond donors (Lipinski definition) is 0. The summed E-state index contributed by atoms with van der Waals surface area (Å²) in [5.41, 5.74) is 0.200. The van der Waals surface area contributed by atoms with Gasteiger partial charge < -0.3 is 13.9 Å². The molecule has 0 saturated carbocycles. The third-order valence-corrected chi connectivity index (χ3v) is 3.05. The molecule has 0 bridgehead atoms. The van der Waals surface area contributed by atoms with Gasteiger partial charge in [0.05, 0.1) is 6.10 Å².